The number of nitrogens with zero attached hydrogens (tertiary/aromatic N) is 1. The van der Waals surface area contributed by atoms with E-state index in [0.29, 0.717) is 32.2 Å². The molecule has 0 aliphatic carbocycles. The molecule has 1 aromatic heterocycles. The minimum absolute atomic E-state index is 0.0961. The number of rotatable bonds is 6. The van der Waals surface area contributed by atoms with Gasteiger partial charge in [0.25, 0.3) is 0 Å². The minimum Gasteiger partial charge on any atom is -0.360 e. The first-order valence-corrected chi connectivity index (χ1v) is 9.00. The molecule has 0 aliphatic heterocycles. The lowest BCUT2D eigenvalue weighted by atomic mass is 9.97. The van der Waals surface area contributed by atoms with E-state index in [1.807, 2.05) is 18.2 Å². The number of benzene rings is 2. The zero-order chi connectivity index (χ0) is 18.7. The maximum Gasteiger partial charge on any atom is 0.170 e. The van der Waals surface area contributed by atoms with E-state index in [2.05, 4.69) is 10.5 Å². The third-order valence-electron chi connectivity index (χ3n) is 3.86. The molecule has 0 bridgehead atoms. The second kappa shape index (κ2) is 8.12. The Kier molecular flexibility index (Phi) is 5.87. The number of Topliss-reactive ketones (excluding diaryl/α,β-unsaturated/α-hetero) is 1. The van der Waals surface area contributed by atoms with Gasteiger partial charge in [-0.05, 0) is 36.8 Å². The predicted molar refractivity (Wildman–Crippen MR) is 104 cm³/mol. The zero-order valence-corrected chi connectivity index (χ0v) is 16.1. The van der Waals surface area contributed by atoms with Gasteiger partial charge in [-0.3, -0.25) is 4.79 Å². The summed E-state index contributed by atoms with van der Waals surface area (Å²) in [5.74, 6) is 1.11. The van der Waals surface area contributed by atoms with Crippen LogP contribution in [0.3, 0.4) is 0 Å². The van der Waals surface area contributed by atoms with Crippen LogP contribution in [-0.4, -0.2) is 10.9 Å². The molecule has 0 amide bonds. The number of hydrogen-bond acceptors (Lipinski definition) is 4. The van der Waals surface area contributed by atoms with Gasteiger partial charge in [0.15, 0.2) is 11.6 Å². The SMILES string of the molecule is Cc1cc(NC(CC(=O)c2ccc(Cl)c(Cl)c2)c2ccccc2Cl)no1. The van der Waals surface area contributed by atoms with Crippen LogP contribution in [0.15, 0.2) is 53.1 Å². The largest absolute Gasteiger partial charge is 0.360 e. The monoisotopic (exact) mass is 408 g/mol. The fraction of sp³-hybridized carbons (Fsp3) is 0.158. The number of anilines is 1. The number of carbonyl (C=O) groups is 1. The molecule has 3 aromatic rings. The van der Waals surface area contributed by atoms with E-state index in [0.717, 1.165) is 5.56 Å². The van der Waals surface area contributed by atoms with E-state index < -0.39 is 0 Å². The van der Waals surface area contributed by atoms with E-state index in [1.54, 1.807) is 37.3 Å². The number of hydrogen-bond donors (Lipinski definition) is 1. The van der Waals surface area contributed by atoms with Crippen LogP contribution in [0, 0.1) is 6.92 Å². The average Bonchev–Trinajstić information content (AvgIpc) is 3.02. The summed E-state index contributed by atoms with van der Waals surface area (Å²) in [5.41, 5.74) is 1.28. The van der Waals surface area contributed by atoms with Gasteiger partial charge in [0, 0.05) is 23.1 Å². The Labute approximate surface area is 166 Å². The third-order valence-corrected chi connectivity index (χ3v) is 4.95. The highest BCUT2D eigenvalue weighted by Gasteiger charge is 2.21. The number of ketones is 1. The second-order valence-corrected chi connectivity index (χ2v) is 7.02. The van der Waals surface area contributed by atoms with Crippen molar-refractivity contribution in [2.45, 2.75) is 19.4 Å². The Morgan fingerprint density at radius 2 is 1.85 bits per heavy atom. The molecule has 26 heavy (non-hydrogen) atoms. The van der Waals surface area contributed by atoms with Gasteiger partial charge < -0.3 is 9.84 Å². The van der Waals surface area contributed by atoms with Crippen LogP contribution in [0.2, 0.25) is 15.1 Å². The molecule has 2 aromatic carbocycles. The Morgan fingerprint density at radius 1 is 1.08 bits per heavy atom. The lowest BCUT2D eigenvalue weighted by Crippen LogP contribution is -2.16. The van der Waals surface area contributed by atoms with Gasteiger partial charge in [-0.15, -0.1) is 0 Å². The van der Waals surface area contributed by atoms with Crippen LogP contribution in [0.25, 0.3) is 0 Å². The highest BCUT2D eigenvalue weighted by molar-refractivity contribution is 6.42. The van der Waals surface area contributed by atoms with Crippen molar-refractivity contribution in [2.24, 2.45) is 0 Å². The zero-order valence-electron chi connectivity index (χ0n) is 13.8. The summed E-state index contributed by atoms with van der Waals surface area (Å²) >= 11 is 18.3. The lowest BCUT2D eigenvalue weighted by molar-refractivity contribution is 0.0976. The van der Waals surface area contributed by atoms with Crippen LogP contribution in [0.1, 0.15) is 34.1 Å². The van der Waals surface area contributed by atoms with Crippen LogP contribution >= 0.6 is 34.8 Å². The third kappa shape index (κ3) is 4.39. The molecular weight excluding hydrogens is 395 g/mol. The molecule has 0 aliphatic rings. The Morgan fingerprint density at radius 3 is 2.50 bits per heavy atom. The van der Waals surface area contributed by atoms with Crippen molar-refractivity contribution < 1.29 is 9.32 Å². The lowest BCUT2D eigenvalue weighted by Gasteiger charge is -2.19. The van der Waals surface area contributed by atoms with Crippen LogP contribution in [-0.2, 0) is 0 Å². The van der Waals surface area contributed by atoms with Crippen molar-refractivity contribution in [3.63, 3.8) is 0 Å². The molecule has 1 unspecified atom stereocenters. The molecule has 134 valence electrons. The van der Waals surface area contributed by atoms with E-state index in [1.165, 1.54) is 0 Å². The Bertz CT molecular complexity index is 940. The van der Waals surface area contributed by atoms with Crippen molar-refractivity contribution in [1.29, 1.82) is 0 Å². The van der Waals surface area contributed by atoms with Gasteiger partial charge in [0.05, 0.1) is 16.1 Å². The summed E-state index contributed by atoms with van der Waals surface area (Å²) in [4.78, 5) is 12.8. The van der Waals surface area contributed by atoms with Gasteiger partial charge >= 0.3 is 0 Å². The molecule has 3 rings (SSSR count). The first-order valence-electron chi connectivity index (χ1n) is 7.86. The fourth-order valence-electron chi connectivity index (χ4n) is 2.58. The van der Waals surface area contributed by atoms with Crippen molar-refractivity contribution in [3.05, 3.63) is 80.5 Å². The van der Waals surface area contributed by atoms with E-state index in [9.17, 15) is 4.79 Å². The normalized spacial score (nSPS) is 12.0. The maximum atomic E-state index is 12.8. The van der Waals surface area contributed by atoms with Crippen molar-refractivity contribution in [2.75, 3.05) is 5.32 Å². The van der Waals surface area contributed by atoms with Crippen molar-refractivity contribution in [3.8, 4) is 0 Å². The number of halogens is 3. The molecule has 0 saturated carbocycles. The summed E-state index contributed by atoms with van der Waals surface area (Å²) in [6.45, 7) is 1.80. The summed E-state index contributed by atoms with van der Waals surface area (Å²) in [6, 6.07) is 13.6. The minimum atomic E-state index is -0.379. The van der Waals surface area contributed by atoms with Crippen LogP contribution < -0.4 is 5.32 Å². The number of carbonyl (C=O) groups excluding carboxylic acids is 1. The summed E-state index contributed by atoms with van der Waals surface area (Å²) < 4.78 is 5.09. The Hall–Kier alpha value is -2.01. The van der Waals surface area contributed by atoms with Crippen molar-refractivity contribution >= 4 is 46.4 Å². The van der Waals surface area contributed by atoms with Gasteiger partial charge in [0.1, 0.15) is 5.76 Å². The van der Waals surface area contributed by atoms with E-state index >= 15 is 0 Å². The number of nitrogens with one attached hydrogen (secondary N) is 1. The molecule has 1 heterocycles. The molecule has 1 atom stereocenters. The van der Waals surface area contributed by atoms with Gasteiger partial charge in [0.2, 0.25) is 0 Å². The van der Waals surface area contributed by atoms with Gasteiger partial charge in [-0.1, -0.05) is 58.2 Å². The quantitative estimate of drug-likeness (QED) is 0.481. The molecule has 4 nitrogen and oxygen atoms in total. The second-order valence-electron chi connectivity index (χ2n) is 5.80. The van der Waals surface area contributed by atoms with E-state index in [4.69, 9.17) is 39.3 Å². The fourth-order valence-corrected chi connectivity index (χ4v) is 3.15. The molecule has 0 radical (unpaired) electrons. The summed E-state index contributed by atoms with van der Waals surface area (Å²) in [6.07, 6.45) is 0.160. The maximum absolute atomic E-state index is 12.8. The van der Waals surface area contributed by atoms with E-state index in [-0.39, 0.29) is 18.2 Å². The first-order chi connectivity index (χ1) is 12.4. The molecule has 0 spiro atoms. The van der Waals surface area contributed by atoms with Crippen LogP contribution in [0.5, 0.6) is 0 Å². The first kappa shape index (κ1) is 18.8. The summed E-state index contributed by atoms with van der Waals surface area (Å²) in [5, 5.41) is 8.46. The number of aryl methyl sites for hydroxylation is 1. The Balaban J connectivity index is 1.88. The highest BCUT2D eigenvalue weighted by Crippen LogP contribution is 2.30. The average molecular weight is 410 g/mol. The molecular formula is C19H15Cl3N2O2. The molecule has 0 fully saturated rings. The predicted octanol–water partition coefficient (Wildman–Crippen LogP) is 6.37. The molecule has 1 N–H and O–H groups in total. The summed E-state index contributed by atoms with van der Waals surface area (Å²) in [7, 11) is 0. The van der Waals surface area contributed by atoms with Gasteiger partial charge in [-0.2, -0.15) is 0 Å². The molecule has 0 saturated heterocycles. The van der Waals surface area contributed by atoms with Gasteiger partial charge in [-0.25, -0.2) is 0 Å². The van der Waals surface area contributed by atoms with Crippen LogP contribution in [0.4, 0.5) is 5.82 Å². The number of aromatic nitrogens is 1. The topological polar surface area (TPSA) is 55.1 Å². The van der Waals surface area contributed by atoms with Crippen molar-refractivity contribution in [1.82, 2.24) is 5.16 Å². The highest BCUT2D eigenvalue weighted by atomic mass is 35.5. The molecule has 7 heteroatoms. The smallest absolute Gasteiger partial charge is 0.170 e. The standard InChI is InChI=1S/C19H15Cl3N2O2/c1-11-8-19(24-26-11)23-17(13-4-2-3-5-14(13)20)10-18(25)12-6-7-15(21)16(22)9-12/h2-9,17H,10H2,1H3,(H,23,24).